The lowest BCUT2D eigenvalue weighted by Gasteiger charge is -2.26. The van der Waals surface area contributed by atoms with E-state index in [1.807, 2.05) is 6.20 Å². The van der Waals surface area contributed by atoms with Gasteiger partial charge in [-0.1, -0.05) is 6.42 Å². The van der Waals surface area contributed by atoms with Crippen LogP contribution in [0.5, 0.6) is 0 Å². The number of imidazole rings is 1. The molecule has 2 unspecified atom stereocenters. The highest BCUT2D eigenvalue weighted by atomic mass is 32.2. The third-order valence-electron chi connectivity index (χ3n) is 3.90. The topological polar surface area (TPSA) is 43.8 Å². The fourth-order valence-corrected chi connectivity index (χ4v) is 4.28. The molecule has 3 nitrogen and oxygen atoms in total. The van der Waals surface area contributed by atoms with E-state index >= 15 is 0 Å². The predicted octanol–water partition coefficient (Wildman–Crippen LogP) is 2.50. The van der Waals surface area contributed by atoms with E-state index in [1.54, 1.807) is 0 Å². The summed E-state index contributed by atoms with van der Waals surface area (Å²) < 4.78 is 2.30. The number of nitrogens with zero attached hydrogens (tertiary/aromatic N) is 2. The van der Waals surface area contributed by atoms with Gasteiger partial charge in [-0.05, 0) is 37.9 Å². The van der Waals surface area contributed by atoms with E-state index < -0.39 is 0 Å². The number of nitrogens with two attached hydrogens (primary N) is 1. The lowest BCUT2D eigenvalue weighted by Crippen LogP contribution is -2.27. The summed E-state index contributed by atoms with van der Waals surface area (Å²) in [6.45, 7) is 0. The molecule has 0 spiro atoms. The van der Waals surface area contributed by atoms with Gasteiger partial charge in [0.15, 0.2) is 0 Å². The number of aryl methyl sites for hydroxylation is 1. The van der Waals surface area contributed by atoms with E-state index in [9.17, 15) is 0 Å². The molecule has 2 N–H and O–H groups in total. The molecule has 0 amide bonds. The second-order valence-electron chi connectivity index (χ2n) is 5.19. The zero-order valence-corrected chi connectivity index (χ0v) is 11.1. The minimum absolute atomic E-state index is 0.171. The summed E-state index contributed by atoms with van der Waals surface area (Å²) in [6.07, 6.45) is 10.9. The normalized spacial score (nSPS) is 29.0. The van der Waals surface area contributed by atoms with Crippen LogP contribution in [0.1, 0.15) is 49.8 Å². The summed E-state index contributed by atoms with van der Waals surface area (Å²) in [5.74, 6) is 2.55. The third kappa shape index (κ3) is 2.38. The smallest absolute Gasteiger partial charge is 0.111 e. The second-order valence-corrected chi connectivity index (χ2v) is 6.60. The molecule has 3 rings (SSSR count). The average Bonchev–Trinajstić information content (AvgIpc) is 2.75. The van der Waals surface area contributed by atoms with Crippen LogP contribution in [0.15, 0.2) is 6.20 Å². The van der Waals surface area contributed by atoms with Gasteiger partial charge in [-0.2, -0.15) is 11.8 Å². The van der Waals surface area contributed by atoms with Crippen LogP contribution >= 0.6 is 11.8 Å². The van der Waals surface area contributed by atoms with Crippen molar-refractivity contribution in [1.29, 1.82) is 0 Å². The van der Waals surface area contributed by atoms with Gasteiger partial charge in [0.2, 0.25) is 0 Å². The molecule has 0 bridgehead atoms. The van der Waals surface area contributed by atoms with Crippen molar-refractivity contribution in [3.63, 3.8) is 0 Å². The van der Waals surface area contributed by atoms with Gasteiger partial charge in [-0.15, -0.1) is 0 Å². The van der Waals surface area contributed by atoms with Crippen molar-refractivity contribution in [1.82, 2.24) is 9.55 Å². The van der Waals surface area contributed by atoms with Crippen molar-refractivity contribution in [2.45, 2.75) is 56.4 Å². The summed E-state index contributed by atoms with van der Waals surface area (Å²) in [4.78, 5) is 4.61. The zero-order chi connectivity index (χ0) is 11.7. The number of thioether (sulfide) groups is 1. The summed E-state index contributed by atoms with van der Waals surface area (Å²) in [5, 5.41) is 0.768. The SMILES string of the molecule is NC1CCCc2cnc(CC3CCCCS3)n21. The molecule has 1 saturated heterocycles. The van der Waals surface area contributed by atoms with Crippen molar-refractivity contribution in [2.75, 3.05) is 5.75 Å². The Morgan fingerprint density at radius 3 is 3.12 bits per heavy atom. The van der Waals surface area contributed by atoms with Gasteiger partial charge in [0.25, 0.3) is 0 Å². The highest BCUT2D eigenvalue weighted by molar-refractivity contribution is 7.99. The Kier molecular flexibility index (Phi) is 3.43. The molecule has 1 aromatic rings. The fraction of sp³-hybridized carbons (Fsp3) is 0.769. The van der Waals surface area contributed by atoms with Gasteiger partial charge in [0.05, 0.1) is 6.17 Å². The first-order valence-electron chi connectivity index (χ1n) is 6.77. The molecule has 4 heteroatoms. The number of hydrogen-bond acceptors (Lipinski definition) is 3. The van der Waals surface area contributed by atoms with Gasteiger partial charge < -0.3 is 10.3 Å². The minimum atomic E-state index is 0.171. The van der Waals surface area contributed by atoms with Crippen molar-refractivity contribution in [3.8, 4) is 0 Å². The lowest BCUT2D eigenvalue weighted by atomic mass is 10.1. The summed E-state index contributed by atoms with van der Waals surface area (Å²) in [5.41, 5.74) is 7.56. The molecule has 2 aliphatic rings. The number of rotatable bonds is 2. The monoisotopic (exact) mass is 251 g/mol. The van der Waals surface area contributed by atoms with Crippen molar-refractivity contribution >= 4 is 11.8 Å². The summed E-state index contributed by atoms with van der Waals surface area (Å²) in [6, 6.07) is 0. The first-order chi connectivity index (χ1) is 8.34. The maximum absolute atomic E-state index is 6.21. The summed E-state index contributed by atoms with van der Waals surface area (Å²) >= 11 is 2.12. The molecule has 0 radical (unpaired) electrons. The highest BCUT2D eigenvalue weighted by Gasteiger charge is 2.23. The Morgan fingerprint density at radius 2 is 2.29 bits per heavy atom. The first kappa shape index (κ1) is 11.6. The Hall–Kier alpha value is -0.480. The second kappa shape index (κ2) is 5.02. The molecule has 17 heavy (non-hydrogen) atoms. The van der Waals surface area contributed by atoms with Crippen LogP contribution in [0.2, 0.25) is 0 Å². The molecular formula is C13H21N3S. The van der Waals surface area contributed by atoms with Crippen molar-refractivity contribution < 1.29 is 0 Å². The molecular weight excluding hydrogens is 230 g/mol. The standard InChI is InChI=1S/C13H21N3S/c14-12-6-3-4-10-9-15-13(16(10)12)8-11-5-1-2-7-17-11/h9,11-12H,1-8,14H2. The Morgan fingerprint density at radius 1 is 1.35 bits per heavy atom. The molecule has 0 aliphatic carbocycles. The first-order valence-corrected chi connectivity index (χ1v) is 7.81. The van der Waals surface area contributed by atoms with Gasteiger partial charge in [0, 0.05) is 23.6 Å². The van der Waals surface area contributed by atoms with Crippen molar-refractivity contribution in [2.24, 2.45) is 5.73 Å². The van der Waals surface area contributed by atoms with Gasteiger partial charge in [-0.25, -0.2) is 4.98 Å². The zero-order valence-electron chi connectivity index (χ0n) is 10.3. The van der Waals surface area contributed by atoms with Gasteiger partial charge >= 0.3 is 0 Å². The van der Waals surface area contributed by atoms with E-state index in [4.69, 9.17) is 5.73 Å². The summed E-state index contributed by atoms with van der Waals surface area (Å²) in [7, 11) is 0. The maximum Gasteiger partial charge on any atom is 0.111 e. The van der Waals surface area contributed by atoms with Gasteiger partial charge in [-0.3, -0.25) is 0 Å². The van der Waals surface area contributed by atoms with Crippen LogP contribution in [0.3, 0.4) is 0 Å². The van der Waals surface area contributed by atoms with E-state index in [2.05, 4.69) is 21.3 Å². The van der Waals surface area contributed by atoms with E-state index in [0.717, 1.165) is 24.5 Å². The Bertz CT molecular complexity index is 382. The van der Waals surface area contributed by atoms with E-state index in [0.29, 0.717) is 0 Å². The van der Waals surface area contributed by atoms with Crippen molar-refractivity contribution in [3.05, 3.63) is 17.7 Å². The molecule has 1 aromatic heterocycles. The van der Waals surface area contributed by atoms with Crippen LogP contribution in [0.25, 0.3) is 0 Å². The average molecular weight is 251 g/mol. The maximum atomic E-state index is 6.21. The molecule has 0 aromatic carbocycles. The lowest BCUT2D eigenvalue weighted by molar-refractivity contribution is 0.399. The minimum Gasteiger partial charge on any atom is -0.316 e. The van der Waals surface area contributed by atoms with Crippen LogP contribution in [-0.2, 0) is 12.8 Å². The van der Waals surface area contributed by atoms with E-state index in [-0.39, 0.29) is 6.17 Å². The molecule has 0 saturated carbocycles. The third-order valence-corrected chi connectivity index (χ3v) is 5.30. The molecule has 1 fully saturated rings. The molecule has 2 aliphatic heterocycles. The highest BCUT2D eigenvalue weighted by Crippen LogP contribution is 2.30. The largest absolute Gasteiger partial charge is 0.316 e. The Labute approximate surface area is 107 Å². The van der Waals surface area contributed by atoms with Gasteiger partial charge in [0.1, 0.15) is 5.82 Å². The number of fused-ring (bicyclic) bond motifs is 1. The van der Waals surface area contributed by atoms with Crippen LogP contribution in [-0.4, -0.2) is 20.6 Å². The number of hydrogen-bond donors (Lipinski definition) is 1. The molecule has 2 atom stereocenters. The fourth-order valence-electron chi connectivity index (χ4n) is 2.97. The van der Waals surface area contributed by atoms with Crippen LogP contribution < -0.4 is 5.73 Å². The Balaban J connectivity index is 1.76. The number of aromatic nitrogens is 2. The van der Waals surface area contributed by atoms with E-state index in [1.165, 1.54) is 43.0 Å². The molecule has 3 heterocycles. The quantitative estimate of drug-likeness (QED) is 0.878. The van der Waals surface area contributed by atoms with Crippen LogP contribution in [0.4, 0.5) is 0 Å². The predicted molar refractivity (Wildman–Crippen MR) is 72.2 cm³/mol. The van der Waals surface area contributed by atoms with Crippen LogP contribution in [0, 0.1) is 0 Å². The molecule has 94 valence electrons.